The van der Waals surface area contributed by atoms with Crippen molar-refractivity contribution in [3.63, 3.8) is 0 Å². The Morgan fingerprint density at radius 3 is 3.00 bits per heavy atom. The molecule has 7 heteroatoms. The van der Waals surface area contributed by atoms with E-state index in [1.165, 1.54) is 12.4 Å². The van der Waals surface area contributed by atoms with Crippen molar-refractivity contribution in [2.45, 2.75) is 31.1 Å². The van der Waals surface area contributed by atoms with E-state index < -0.39 is 0 Å². The van der Waals surface area contributed by atoms with E-state index in [2.05, 4.69) is 15.2 Å². The summed E-state index contributed by atoms with van der Waals surface area (Å²) in [4.78, 5) is 18.9. The maximum Gasteiger partial charge on any atom is 0.256 e. The van der Waals surface area contributed by atoms with E-state index in [1.807, 2.05) is 23.1 Å². The first-order valence-corrected chi connectivity index (χ1v) is 8.10. The molecule has 2 fully saturated rings. The zero-order chi connectivity index (χ0) is 16.4. The van der Waals surface area contributed by atoms with Gasteiger partial charge in [-0.3, -0.25) is 4.79 Å². The zero-order valence-electron chi connectivity index (χ0n) is 13.1. The lowest BCUT2D eigenvalue weighted by Gasteiger charge is -2.31. The molecule has 0 unspecified atom stereocenters. The van der Waals surface area contributed by atoms with Gasteiger partial charge in [-0.1, -0.05) is 6.07 Å². The summed E-state index contributed by atoms with van der Waals surface area (Å²) in [5.74, 6) is 0.493. The van der Waals surface area contributed by atoms with Gasteiger partial charge in [-0.15, -0.1) is 0 Å². The maximum absolute atomic E-state index is 12.8. The molecule has 0 aromatic carbocycles. The van der Waals surface area contributed by atoms with E-state index in [9.17, 15) is 4.79 Å². The molecule has 4 rings (SSSR count). The van der Waals surface area contributed by atoms with Gasteiger partial charge in [0, 0.05) is 18.9 Å². The third kappa shape index (κ3) is 2.82. The van der Waals surface area contributed by atoms with Crippen LogP contribution in [0, 0.1) is 0 Å². The highest BCUT2D eigenvalue weighted by atomic mass is 16.5. The van der Waals surface area contributed by atoms with E-state index in [0.29, 0.717) is 24.6 Å². The quantitative estimate of drug-likeness (QED) is 0.847. The lowest BCUT2D eigenvalue weighted by Crippen LogP contribution is -2.44. The van der Waals surface area contributed by atoms with Crippen LogP contribution in [0.4, 0.5) is 0 Å². The van der Waals surface area contributed by atoms with Crippen LogP contribution < -0.4 is 4.74 Å². The lowest BCUT2D eigenvalue weighted by molar-refractivity contribution is -0.0455. The molecule has 0 spiro atoms. The third-order valence-electron chi connectivity index (χ3n) is 4.48. The maximum atomic E-state index is 12.8. The Hall–Kier alpha value is -2.54. The summed E-state index contributed by atoms with van der Waals surface area (Å²) in [7, 11) is 0. The number of nitrogens with zero attached hydrogens (tertiary/aromatic N) is 4. The van der Waals surface area contributed by atoms with Crippen LogP contribution >= 0.6 is 0 Å². The van der Waals surface area contributed by atoms with Crippen molar-refractivity contribution in [2.75, 3.05) is 13.2 Å². The van der Waals surface area contributed by atoms with E-state index in [4.69, 9.17) is 9.47 Å². The van der Waals surface area contributed by atoms with Crippen LogP contribution in [0.15, 0.2) is 42.9 Å². The van der Waals surface area contributed by atoms with Crippen molar-refractivity contribution in [3.8, 4) is 5.88 Å². The fourth-order valence-corrected chi connectivity index (χ4v) is 3.40. The molecule has 2 aliphatic heterocycles. The Labute approximate surface area is 139 Å². The molecule has 0 saturated carbocycles. The summed E-state index contributed by atoms with van der Waals surface area (Å²) in [5, 5.41) is 7.53. The largest absolute Gasteiger partial charge is 0.470 e. The van der Waals surface area contributed by atoms with Gasteiger partial charge in [0.25, 0.3) is 5.91 Å². The monoisotopic (exact) mass is 326 g/mol. The number of carbonyl (C=O) groups excluding carboxylic acids is 1. The number of ether oxygens (including phenoxy) is 2. The van der Waals surface area contributed by atoms with Crippen molar-refractivity contribution in [3.05, 3.63) is 48.4 Å². The van der Waals surface area contributed by atoms with Crippen molar-refractivity contribution in [1.29, 1.82) is 0 Å². The van der Waals surface area contributed by atoms with Crippen LogP contribution in [-0.2, 0) is 4.74 Å². The minimum absolute atomic E-state index is 0.0214. The average molecular weight is 326 g/mol. The molecule has 1 amide bonds. The smallest absolute Gasteiger partial charge is 0.256 e. The molecule has 2 aromatic heterocycles. The summed E-state index contributed by atoms with van der Waals surface area (Å²) in [6.07, 6.45) is 6.22. The summed E-state index contributed by atoms with van der Waals surface area (Å²) in [6.45, 7) is 1.18. The molecule has 2 saturated heterocycles. The van der Waals surface area contributed by atoms with Gasteiger partial charge in [-0.05, 0) is 25.0 Å². The van der Waals surface area contributed by atoms with Crippen molar-refractivity contribution in [1.82, 2.24) is 20.1 Å². The van der Waals surface area contributed by atoms with Crippen LogP contribution in [0.25, 0.3) is 0 Å². The second-order valence-corrected chi connectivity index (χ2v) is 5.96. The third-order valence-corrected chi connectivity index (χ3v) is 4.48. The molecule has 124 valence electrons. The molecule has 0 N–H and O–H groups in total. The standard InChI is InChI=1S/C17H18N4O3/c22-17(12-6-8-19-20-10-12)21-11-14(16-13(21)4-3-9-23-16)24-15-5-1-2-7-18-15/h1-2,5-8,10,13-14,16H,3-4,9,11H2/t13-,14-,16+/m1/s1. The number of rotatable bonds is 3. The summed E-state index contributed by atoms with van der Waals surface area (Å²) < 4.78 is 11.9. The highest BCUT2D eigenvalue weighted by molar-refractivity contribution is 5.94. The number of fused-ring (bicyclic) bond motifs is 1. The van der Waals surface area contributed by atoms with E-state index in [1.54, 1.807) is 12.3 Å². The molecule has 3 atom stereocenters. The number of aromatic nitrogens is 3. The van der Waals surface area contributed by atoms with E-state index >= 15 is 0 Å². The number of hydrogen-bond acceptors (Lipinski definition) is 6. The van der Waals surface area contributed by atoms with Crippen LogP contribution in [-0.4, -0.2) is 57.4 Å². The van der Waals surface area contributed by atoms with Gasteiger partial charge in [0.05, 0.1) is 30.5 Å². The molecule has 0 aliphatic carbocycles. The number of hydrogen-bond donors (Lipinski definition) is 0. The van der Waals surface area contributed by atoms with E-state index in [0.717, 1.165) is 12.8 Å². The van der Waals surface area contributed by atoms with Crippen LogP contribution in [0.2, 0.25) is 0 Å². The molecule has 7 nitrogen and oxygen atoms in total. The van der Waals surface area contributed by atoms with Gasteiger partial charge in [0.1, 0.15) is 12.2 Å². The molecule has 4 heterocycles. The van der Waals surface area contributed by atoms with Gasteiger partial charge in [-0.25, -0.2) is 4.98 Å². The second-order valence-electron chi connectivity index (χ2n) is 5.96. The van der Waals surface area contributed by atoms with Crippen LogP contribution in [0.1, 0.15) is 23.2 Å². The molecule has 2 aromatic rings. The number of likely N-dealkylation sites (tertiary alicyclic amines) is 1. The van der Waals surface area contributed by atoms with Gasteiger partial charge >= 0.3 is 0 Å². The normalized spacial score (nSPS) is 26.0. The fourth-order valence-electron chi connectivity index (χ4n) is 3.40. The van der Waals surface area contributed by atoms with Gasteiger partial charge < -0.3 is 14.4 Å². The lowest BCUT2D eigenvalue weighted by atomic mass is 10.0. The molecule has 0 radical (unpaired) electrons. The Bertz CT molecular complexity index is 697. The molecular weight excluding hydrogens is 308 g/mol. The average Bonchev–Trinajstić information content (AvgIpc) is 3.01. The molecular formula is C17H18N4O3. The summed E-state index contributed by atoms with van der Waals surface area (Å²) in [5.41, 5.74) is 0.535. The first kappa shape index (κ1) is 15.0. The van der Waals surface area contributed by atoms with Crippen LogP contribution in [0.3, 0.4) is 0 Å². The Balaban J connectivity index is 1.56. The Kier molecular flexibility index (Phi) is 4.08. The van der Waals surface area contributed by atoms with E-state index in [-0.39, 0.29) is 24.2 Å². The predicted octanol–water partition coefficient (Wildman–Crippen LogP) is 1.32. The van der Waals surface area contributed by atoms with Crippen molar-refractivity contribution >= 4 is 5.91 Å². The van der Waals surface area contributed by atoms with Crippen molar-refractivity contribution in [2.24, 2.45) is 0 Å². The summed E-state index contributed by atoms with van der Waals surface area (Å²) in [6, 6.07) is 7.24. The number of pyridine rings is 1. The van der Waals surface area contributed by atoms with Gasteiger partial charge in [-0.2, -0.15) is 10.2 Å². The highest BCUT2D eigenvalue weighted by Crippen LogP contribution is 2.32. The van der Waals surface area contributed by atoms with Crippen LogP contribution in [0.5, 0.6) is 5.88 Å². The minimum atomic E-state index is -0.219. The predicted molar refractivity (Wildman–Crippen MR) is 84.5 cm³/mol. The Morgan fingerprint density at radius 1 is 1.25 bits per heavy atom. The second kappa shape index (κ2) is 6.52. The zero-order valence-corrected chi connectivity index (χ0v) is 13.1. The minimum Gasteiger partial charge on any atom is -0.470 e. The first-order chi connectivity index (χ1) is 11.8. The highest BCUT2D eigenvalue weighted by Gasteiger charge is 2.47. The first-order valence-electron chi connectivity index (χ1n) is 8.10. The topological polar surface area (TPSA) is 77.4 Å². The fraction of sp³-hybridized carbons (Fsp3) is 0.412. The SMILES string of the molecule is O=C(c1ccnnc1)N1C[C@@H](Oc2ccccn2)[C@H]2OCCC[C@H]21. The van der Waals surface area contributed by atoms with Crippen molar-refractivity contribution < 1.29 is 14.3 Å². The molecule has 24 heavy (non-hydrogen) atoms. The van der Waals surface area contributed by atoms with Gasteiger partial charge in [0.2, 0.25) is 5.88 Å². The molecule has 0 bridgehead atoms. The number of carbonyl (C=O) groups is 1. The summed E-state index contributed by atoms with van der Waals surface area (Å²) >= 11 is 0. The number of amides is 1. The Morgan fingerprint density at radius 2 is 2.21 bits per heavy atom. The molecule has 2 aliphatic rings. The van der Waals surface area contributed by atoms with Gasteiger partial charge in [0.15, 0.2) is 0 Å².